The molecule has 0 aliphatic heterocycles. The van der Waals surface area contributed by atoms with Crippen LogP contribution < -0.4 is 10.3 Å². The second-order valence-corrected chi connectivity index (χ2v) is 5.41. The molecule has 2 aromatic carbocycles. The highest BCUT2D eigenvalue weighted by atomic mass is 35.5. The Balaban J connectivity index is 1.96. The first-order chi connectivity index (χ1) is 11.1. The minimum Gasteiger partial charge on any atom is -0.372 e. The molecule has 0 aliphatic carbocycles. The van der Waals surface area contributed by atoms with Crippen LogP contribution in [0.4, 0.5) is 5.69 Å². The second kappa shape index (κ2) is 8.34. The normalized spacial score (nSPS) is 10.7. The lowest BCUT2D eigenvalue weighted by molar-refractivity contribution is 0.0955. The molecule has 0 fully saturated rings. The standard InChI is InChI=1S/C18H20ClN3O/c1-3-22(4-2)17-10-8-14(9-11-17)13-20-21-18(23)15-6-5-7-16(19)12-15/h5-13H,3-4H2,1-2H3,(H,21,23)/b20-13-. The van der Waals surface area contributed by atoms with E-state index >= 15 is 0 Å². The maximum Gasteiger partial charge on any atom is 0.271 e. The van der Waals surface area contributed by atoms with Gasteiger partial charge in [-0.15, -0.1) is 0 Å². The number of carbonyl (C=O) groups excluding carboxylic acids is 1. The van der Waals surface area contributed by atoms with E-state index in [0.717, 1.165) is 18.7 Å². The largest absolute Gasteiger partial charge is 0.372 e. The van der Waals surface area contributed by atoms with Gasteiger partial charge in [0.05, 0.1) is 6.21 Å². The van der Waals surface area contributed by atoms with Gasteiger partial charge >= 0.3 is 0 Å². The molecule has 1 amide bonds. The molecule has 0 aromatic heterocycles. The van der Waals surface area contributed by atoms with Crippen molar-refractivity contribution in [1.29, 1.82) is 0 Å². The summed E-state index contributed by atoms with van der Waals surface area (Å²) in [4.78, 5) is 14.2. The molecule has 5 heteroatoms. The lowest BCUT2D eigenvalue weighted by Crippen LogP contribution is -2.21. The Bertz CT molecular complexity index is 679. The van der Waals surface area contributed by atoms with Crippen LogP contribution in [-0.2, 0) is 0 Å². The molecule has 0 aliphatic rings. The lowest BCUT2D eigenvalue weighted by Gasteiger charge is -2.20. The summed E-state index contributed by atoms with van der Waals surface area (Å²) in [6, 6.07) is 14.8. The first-order valence-electron chi connectivity index (χ1n) is 7.58. The molecule has 0 heterocycles. The fraction of sp³-hybridized carbons (Fsp3) is 0.222. The Morgan fingerprint density at radius 3 is 2.48 bits per heavy atom. The molecule has 4 nitrogen and oxygen atoms in total. The molecule has 2 rings (SSSR count). The van der Waals surface area contributed by atoms with Crippen molar-refractivity contribution in [3.63, 3.8) is 0 Å². The minimum atomic E-state index is -0.288. The minimum absolute atomic E-state index is 0.288. The molecule has 0 bridgehead atoms. The zero-order valence-corrected chi connectivity index (χ0v) is 14.0. The Labute approximate surface area is 141 Å². The van der Waals surface area contributed by atoms with Gasteiger partial charge in [0.1, 0.15) is 0 Å². The van der Waals surface area contributed by atoms with Crippen LogP contribution in [0.15, 0.2) is 53.6 Å². The van der Waals surface area contributed by atoms with Gasteiger partial charge in [0, 0.05) is 29.4 Å². The summed E-state index contributed by atoms with van der Waals surface area (Å²) in [7, 11) is 0. The van der Waals surface area contributed by atoms with Crippen LogP contribution in [0.25, 0.3) is 0 Å². The van der Waals surface area contributed by atoms with Crippen molar-refractivity contribution in [2.75, 3.05) is 18.0 Å². The monoisotopic (exact) mass is 329 g/mol. The number of rotatable bonds is 6. The van der Waals surface area contributed by atoms with Crippen LogP contribution in [0.2, 0.25) is 5.02 Å². The third-order valence-corrected chi connectivity index (χ3v) is 3.72. The summed E-state index contributed by atoms with van der Waals surface area (Å²) in [6.45, 7) is 6.20. The van der Waals surface area contributed by atoms with Crippen molar-refractivity contribution < 1.29 is 4.79 Å². The maximum absolute atomic E-state index is 11.9. The van der Waals surface area contributed by atoms with E-state index in [1.165, 1.54) is 5.69 Å². The fourth-order valence-electron chi connectivity index (χ4n) is 2.22. The number of hydrazone groups is 1. The third kappa shape index (κ3) is 4.83. The smallest absolute Gasteiger partial charge is 0.271 e. The van der Waals surface area contributed by atoms with E-state index in [0.29, 0.717) is 10.6 Å². The van der Waals surface area contributed by atoms with Crippen LogP contribution in [-0.4, -0.2) is 25.2 Å². The molecule has 1 N–H and O–H groups in total. The van der Waals surface area contributed by atoms with E-state index in [-0.39, 0.29) is 5.91 Å². The SMILES string of the molecule is CCN(CC)c1ccc(/C=N\NC(=O)c2cccc(Cl)c2)cc1. The van der Waals surface area contributed by atoms with Gasteiger partial charge in [-0.1, -0.05) is 29.8 Å². The van der Waals surface area contributed by atoms with E-state index < -0.39 is 0 Å². The van der Waals surface area contributed by atoms with Crippen molar-refractivity contribution >= 4 is 29.4 Å². The topological polar surface area (TPSA) is 44.7 Å². The number of benzene rings is 2. The molecule has 0 saturated carbocycles. The molecular formula is C18H20ClN3O. The molecule has 0 saturated heterocycles. The second-order valence-electron chi connectivity index (χ2n) is 4.97. The van der Waals surface area contributed by atoms with Gasteiger partial charge in [0.25, 0.3) is 5.91 Å². The highest BCUT2D eigenvalue weighted by Gasteiger charge is 2.04. The summed E-state index contributed by atoms with van der Waals surface area (Å²) in [5.74, 6) is -0.288. The van der Waals surface area contributed by atoms with Crippen LogP contribution in [0, 0.1) is 0 Å². The zero-order valence-electron chi connectivity index (χ0n) is 13.3. The maximum atomic E-state index is 11.9. The molecule has 0 radical (unpaired) electrons. The van der Waals surface area contributed by atoms with E-state index in [1.807, 2.05) is 24.3 Å². The van der Waals surface area contributed by atoms with Crippen molar-refractivity contribution in [2.24, 2.45) is 5.10 Å². The van der Waals surface area contributed by atoms with Gasteiger partial charge in [-0.2, -0.15) is 5.10 Å². The van der Waals surface area contributed by atoms with Crippen LogP contribution in [0.5, 0.6) is 0 Å². The van der Waals surface area contributed by atoms with Crippen molar-refractivity contribution in [1.82, 2.24) is 5.43 Å². The van der Waals surface area contributed by atoms with E-state index in [9.17, 15) is 4.79 Å². The van der Waals surface area contributed by atoms with Crippen LogP contribution in [0.3, 0.4) is 0 Å². The number of hydrogen-bond acceptors (Lipinski definition) is 3. The van der Waals surface area contributed by atoms with Crippen molar-refractivity contribution in [3.05, 3.63) is 64.7 Å². The zero-order chi connectivity index (χ0) is 16.7. The van der Waals surface area contributed by atoms with Gasteiger partial charge in [0.15, 0.2) is 0 Å². The van der Waals surface area contributed by atoms with Gasteiger partial charge in [0.2, 0.25) is 0 Å². The molecule has 0 unspecified atom stereocenters. The summed E-state index contributed by atoms with van der Waals surface area (Å²) in [5.41, 5.74) is 5.07. The van der Waals surface area contributed by atoms with Gasteiger partial charge in [-0.3, -0.25) is 4.79 Å². The van der Waals surface area contributed by atoms with E-state index in [1.54, 1.807) is 30.5 Å². The average molecular weight is 330 g/mol. The molecule has 0 spiro atoms. The van der Waals surface area contributed by atoms with Crippen LogP contribution in [0.1, 0.15) is 29.8 Å². The molecule has 23 heavy (non-hydrogen) atoms. The number of nitrogens with zero attached hydrogens (tertiary/aromatic N) is 2. The quantitative estimate of drug-likeness (QED) is 0.644. The Kier molecular flexibility index (Phi) is 6.18. The highest BCUT2D eigenvalue weighted by Crippen LogP contribution is 2.14. The Morgan fingerprint density at radius 2 is 1.87 bits per heavy atom. The van der Waals surface area contributed by atoms with Crippen molar-refractivity contribution in [3.8, 4) is 0 Å². The highest BCUT2D eigenvalue weighted by molar-refractivity contribution is 6.30. The molecule has 2 aromatic rings. The predicted octanol–water partition coefficient (Wildman–Crippen LogP) is 3.95. The van der Waals surface area contributed by atoms with Crippen LogP contribution >= 0.6 is 11.6 Å². The molecule has 0 atom stereocenters. The van der Waals surface area contributed by atoms with Gasteiger partial charge < -0.3 is 4.90 Å². The Hall–Kier alpha value is -2.33. The van der Waals surface area contributed by atoms with E-state index in [4.69, 9.17) is 11.6 Å². The summed E-state index contributed by atoms with van der Waals surface area (Å²) in [5, 5.41) is 4.50. The number of amides is 1. The first-order valence-corrected chi connectivity index (χ1v) is 7.95. The predicted molar refractivity (Wildman–Crippen MR) is 96.5 cm³/mol. The first kappa shape index (κ1) is 17.0. The number of carbonyl (C=O) groups is 1. The number of nitrogens with one attached hydrogen (secondary N) is 1. The van der Waals surface area contributed by atoms with Gasteiger partial charge in [-0.05, 0) is 49.7 Å². The summed E-state index contributed by atoms with van der Waals surface area (Å²) < 4.78 is 0. The lowest BCUT2D eigenvalue weighted by atomic mass is 10.2. The third-order valence-electron chi connectivity index (χ3n) is 3.49. The number of anilines is 1. The molecule has 120 valence electrons. The number of halogens is 1. The fourth-order valence-corrected chi connectivity index (χ4v) is 2.41. The van der Waals surface area contributed by atoms with Crippen molar-refractivity contribution in [2.45, 2.75) is 13.8 Å². The molecular weight excluding hydrogens is 310 g/mol. The van der Waals surface area contributed by atoms with E-state index in [2.05, 4.69) is 29.3 Å². The van der Waals surface area contributed by atoms with Gasteiger partial charge in [-0.25, -0.2) is 5.43 Å². The average Bonchev–Trinajstić information content (AvgIpc) is 2.57. The summed E-state index contributed by atoms with van der Waals surface area (Å²) in [6.07, 6.45) is 1.62. The Morgan fingerprint density at radius 1 is 1.17 bits per heavy atom. The summed E-state index contributed by atoms with van der Waals surface area (Å²) >= 11 is 5.86. The number of hydrogen-bond donors (Lipinski definition) is 1.